The van der Waals surface area contributed by atoms with Gasteiger partial charge in [-0.15, -0.1) is 0 Å². The van der Waals surface area contributed by atoms with Crippen molar-refractivity contribution in [2.24, 2.45) is 0 Å². The first-order valence-electron chi connectivity index (χ1n) is 10.1. The van der Waals surface area contributed by atoms with E-state index < -0.39 is 0 Å². The van der Waals surface area contributed by atoms with Gasteiger partial charge in [-0.3, -0.25) is 9.59 Å². The monoisotopic (exact) mass is 400 g/mol. The zero-order valence-electron chi connectivity index (χ0n) is 16.9. The van der Waals surface area contributed by atoms with Crippen LogP contribution in [0.5, 0.6) is 5.75 Å². The van der Waals surface area contributed by atoms with Crippen LogP contribution in [0.2, 0.25) is 0 Å². The van der Waals surface area contributed by atoms with Crippen LogP contribution in [0.25, 0.3) is 11.1 Å². The first kappa shape index (κ1) is 19.7. The highest BCUT2D eigenvalue weighted by Crippen LogP contribution is 2.25. The maximum atomic E-state index is 12.7. The van der Waals surface area contributed by atoms with Crippen molar-refractivity contribution in [2.75, 3.05) is 18.1 Å². The molecule has 0 aromatic heterocycles. The zero-order valence-corrected chi connectivity index (χ0v) is 16.9. The predicted octanol–water partition coefficient (Wildman–Crippen LogP) is 4.29. The zero-order chi connectivity index (χ0) is 20.9. The number of ether oxygens (including phenoxy) is 1. The summed E-state index contributed by atoms with van der Waals surface area (Å²) < 4.78 is 5.45. The predicted molar refractivity (Wildman–Crippen MR) is 118 cm³/mol. The molecular weight excluding hydrogens is 376 g/mol. The second-order valence-electron chi connectivity index (χ2n) is 7.25. The third kappa shape index (κ3) is 4.35. The fourth-order valence-electron chi connectivity index (χ4n) is 3.66. The summed E-state index contributed by atoms with van der Waals surface area (Å²) >= 11 is 0. The molecule has 0 radical (unpaired) electrons. The van der Waals surface area contributed by atoms with Crippen LogP contribution in [0.3, 0.4) is 0 Å². The van der Waals surface area contributed by atoms with Gasteiger partial charge in [0.25, 0.3) is 5.91 Å². The standard InChI is InChI=1S/C25H24N2O3/c1-2-30-23-14-12-22(13-15-23)27-17-21(16-24(27)28)26-25(29)20-10-8-19(9-11-20)18-6-4-3-5-7-18/h3-15,21H,2,16-17H2,1H3,(H,26,29). The van der Waals surface area contributed by atoms with Crippen LogP contribution >= 0.6 is 0 Å². The molecule has 3 aromatic rings. The van der Waals surface area contributed by atoms with Crippen molar-refractivity contribution in [1.82, 2.24) is 5.32 Å². The average Bonchev–Trinajstić information content (AvgIpc) is 3.15. The van der Waals surface area contributed by atoms with Crippen molar-refractivity contribution >= 4 is 17.5 Å². The number of benzene rings is 3. The van der Waals surface area contributed by atoms with Crippen LogP contribution < -0.4 is 15.0 Å². The largest absolute Gasteiger partial charge is 0.494 e. The van der Waals surface area contributed by atoms with Crippen LogP contribution in [0.4, 0.5) is 5.69 Å². The molecule has 152 valence electrons. The van der Waals surface area contributed by atoms with Gasteiger partial charge in [0.15, 0.2) is 0 Å². The van der Waals surface area contributed by atoms with Gasteiger partial charge in [0.05, 0.1) is 12.6 Å². The lowest BCUT2D eigenvalue weighted by Gasteiger charge is -2.18. The number of rotatable bonds is 6. The Bertz CT molecular complexity index is 1010. The molecule has 0 saturated carbocycles. The topological polar surface area (TPSA) is 58.6 Å². The number of anilines is 1. The minimum atomic E-state index is -0.217. The SMILES string of the molecule is CCOc1ccc(N2CC(NC(=O)c3ccc(-c4ccccc4)cc3)CC2=O)cc1. The van der Waals surface area contributed by atoms with Crippen molar-refractivity contribution in [1.29, 1.82) is 0 Å². The second kappa shape index (κ2) is 8.82. The van der Waals surface area contributed by atoms with Gasteiger partial charge < -0.3 is 15.0 Å². The minimum Gasteiger partial charge on any atom is -0.494 e. The Morgan fingerprint density at radius 1 is 0.967 bits per heavy atom. The summed E-state index contributed by atoms with van der Waals surface area (Å²) in [6, 6.07) is 24.8. The van der Waals surface area contributed by atoms with Gasteiger partial charge in [0.2, 0.25) is 5.91 Å². The van der Waals surface area contributed by atoms with Crippen molar-refractivity contribution in [3.05, 3.63) is 84.4 Å². The lowest BCUT2D eigenvalue weighted by Crippen LogP contribution is -2.37. The lowest BCUT2D eigenvalue weighted by atomic mass is 10.0. The Morgan fingerprint density at radius 2 is 1.63 bits per heavy atom. The maximum Gasteiger partial charge on any atom is 0.251 e. The van der Waals surface area contributed by atoms with E-state index in [-0.39, 0.29) is 17.9 Å². The molecule has 3 aromatic carbocycles. The molecule has 0 spiro atoms. The number of carbonyl (C=O) groups excluding carboxylic acids is 2. The second-order valence-corrected chi connectivity index (χ2v) is 7.25. The van der Waals surface area contributed by atoms with Crippen molar-refractivity contribution < 1.29 is 14.3 Å². The van der Waals surface area contributed by atoms with E-state index in [1.807, 2.05) is 85.8 Å². The van der Waals surface area contributed by atoms with E-state index >= 15 is 0 Å². The van der Waals surface area contributed by atoms with Crippen molar-refractivity contribution in [2.45, 2.75) is 19.4 Å². The Morgan fingerprint density at radius 3 is 2.30 bits per heavy atom. The van der Waals surface area contributed by atoms with Crippen LogP contribution in [-0.2, 0) is 4.79 Å². The third-order valence-electron chi connectivity index (χ3n) is 5.17. The van der Waals surface area contributed by atoms with Crippen molar-refractivity contribution in [3.8, 4) is 16.9 Å². The highest BCUT2D eigenvalue weighted by Gasteiger charge is 2.31. The van der Waals surface area contributed by atoms with Crippen LogP contribution in [0.1, 0.15) is 23.7 Å². The van der Waals surface area contributed by atoms with Crippen molar-refractivity contribution in [3.63, 3.8) is 0 Å². The van der Waals surface area contributed by atoms with E-state index in [1.54, 1.807) is 4.90 Å². The van der Waals surface area contributed by atoms with Gasteiger partial charge in [0.1, 0.15) is 5.75 Å². The molecule has 5 nitrogen and oxygen atoms in total. The minimum absolute atomic E-state index is 0.00360. The fraction of sp³-hybridized carbons (Fsp3) is 0.200. The highest BCUT2D eigenvalue weighted by molar-refractivity contribution is 5.99. The molecule has 1 fully saturated rings. The van der Waals surface area contributed by atoms with Gasteiger partial charge in [-0.2, -0.15) is 0 Å². The van der Waals surface area contributed by atoms with Gasteiger partial charge in [-0.05, 0) is 54.4 Å². The molecular formula is C25H24N2O3. The summed E-state index contributed by atoms with van der Waals surface area (Å²) in [7, 11) is 0. The summed E-state index contributed by atoms with van der Waals surface area (Å²) in [5, 5.41) is 2.99. The van der Waals surface area contributed by atoms with E-state index in [4.69, 9.17) is 4.74 Å². The number of nitrogens with one attached hydrogen (secondary N) is 1. The smallest absolute Gasteiger partial charge is 0.251 e. The molecule has 0 bridgehead atoms. The Balaban J connectivity index is 1.38. The van der Waals surface area contributed by atoms with Crippen LogP contribution in [-0.4, -0.2) is 31.0 Å². The van der Waals surface area contributed by atoms with Gasteiger partial charge in [-0.25, -0.2) is 0 Å². The first-order valence-corrected chi connectivity index (χ1v) is 10.1. The molecule has 2 amide bonds. The number of nitrogens with zero attached hydrogens (tertiary/aromatic N) is 1. The average molecular weight is 400 g/mol. The summed E-state index contributed by atoms with van der Waals surface area (Å²) in [5.74, 6) is 0.613. The lowest BCUT2D eigenvalue weighted by molar-refractivity contribution is -0.117. The molecule has 1 aliphatic heterocycles. The molecule has 1 heterocycles. The molecule has 1 atom stereocenters. The number of hydrogen-bond acceptors (Lipinski definition) is 3. The normalized spacial score (nSPS) is 15.8. The molecule has 1 saturated heterocycles. The van der Waals surface area contributed by atoms with Gasteiger partial charge in [-0.1, -0.05) is 42.5 Å². The van der Waals surface area contributed by atoms with E-state index in [0.717, 1.165) is 22.6 Å². The Labute approximate surface area is 176 Å². The quantitative estimate of drug-likeness (QED) is 0.672. The van der Waals surface area contributed by atoms with Crippen LogP contribution in [0, 0.1) is 0 Å². The fourth-order valence-corrected chi connectivity index (χ4v) is 3.66. The molecule has 1 N–H and O–H groups in total. The highest BCUT2D eigenvalue weighted by atomic mass is 16.5. The number of carbonyl (C=O) groups is 2. The van der Waals surface area contributed by atoms with E-state index in [2.05, 4.69) is 5.32 Å². The number of hydrogen-bond donors (Lipinski definition) is 1. The van der Waals surface area contributed by atoms with E-state index in [9.17, 15) is 9.59 Å². The van der Waals surface area contributed by atoms with E-state index in [0.29, 0.717) is 25.1 Å². The molecule has 1 aliphatic rings. The Kier molecular flexibility index (Phi) is 5.80. The Hall–Kier alpha value is -3.60. The molecule has 30 heavy (non-hydrogen) atoms. The summed E-state index contributed by atoms with van der Waals surface area (Å²) in [6.07, 6.45) is 0.293. The van der Waals surface area contributed by atoms with Crippen LogP contribution in [0.15, 0.2) is 78.9 Å². The summed E-state index contributed by atoms with van der Waals surface area (Å²) in [4.78, 5) is 26.8. The molecule has 5 heteroatoms. The van der Waals surface area contributed by atoms with E-state index in [1.165, 1.54) is 0 Å². The first-order chi connectivity index (χ1) is 14.6. The summed E-state index contributed by atoms with van der Waals surface area (Å²) in [5.41, 5.74) is 3.57. The molecule has 4 rings (SSSR count). The third-order valence-corrected chi connectivity index (χ3v) is 5.17. The molecule has 0 aliphatic carbocycles. The maximum absolute atomic E-state index is 12.7. The van der Waals surface area contributed by atoms with Gasteiger partial charge >= 0.3 is 0 Å². The van der Waals surface area contributed by atoms with Gasteiger partial charge in [0, 0.05) is 24.2 Å². The summed E-state index contributed by atoms with van der Waals surface area (Å²) in [6.45, 7) is 2.99. The molecule has 1 unspecified atom stereocenters. The number of amides is 2.